The van der Waals surface area contributed by atoms with Crippen LogP contribution in [0.4, 0.5) is 11.4 Å². The van der Waals surface area contributed by atoms with E-state index in [1.54, 1.807) is 0 Å². The smallest absolute Gasteiger partial charge is 0.242 e. The summed E-state index contributed by atoms with van der Waals surface area (Å²) in [5, 5.41) is 6.26. The molecular weight excluding hydrogens is 366 g/mol. The Kier molecular flexibility index (Phi) is 6.08. The SMILES string of the molecule is C[C@H](Nc1ccc(N2CCCCCC2)cc1)C(=O)NCc1ccc2c(c1)OCO2. The molecule has 29 heavy (non-hydrogen) atoms. The van der Waals surface area contributed by atoms with E-state index in [9.17, 15) is 4.79 Å². The van der Waals surface area contributed by atoms with Crippen molar-refractivity contribution >= 4 is 17.3 Å². The first-order chi connectivity index (χ1) is 14.2. The summed E-state index contributed by atoms with van der Waals surface area (Å²) < 4.78 is 10.7. The van der Waals surface area contributed by atoms with Crippen molar-refractivity contribution in [2.45, 2.75) is 45.2 Å². The molecule has 1 atom stereocenters. The Morgan fingerprint density at radius 3 is 2.48 bits per heavy atom. The summed E-state index contributed by atoms with van der Waals surface area (Å²) in [4.78, 5) is 14.9. The summed E-state index contributed by atoms with van der Waals surface area (Å²) >= 11 is 0. The lowest BCUT2D eigenvalue weighted by Crippen LogP contribution is -2.37. The fraction of sp³-hybridized carbons (Fsp3) is 0.435. The zero-order valence-electron chi connectivity index (χ0n) is 16.9. The van der Waals surface area contributed by atoms with Gasteiger partial charge in [-0.2, -0.15) is 0 Å². The molecule has 6 heteroatoms. The Balaban J connectivity index is 1.28. The first kappa shape index (κ1) is 19.4. The van der Waals surface area contributed by atoms with Crippen molar-refractivity contribution in [3.05, 3.63) is 48.0 Å². The lowest BCUT2D eigenvalue weighted by molar-refractivity contribution is -0.121. The number of anilines is 2. The van der Waals surface area contributed by atoms with Crippen LogP contribution in [0, 0.1) is 0 Å². The van der Waals surface area contributed by atoms with Gasteiger partial charge in [-0.3, -0.25) is 4.79 Å². The van der Waals surface area contributed by atoms with E-state index in [-0.39, 0.29) is 18.7 Å². The quantitative estimate of drug-likeness (QED) is 0.776. The maximum atomic E-state index is 12.5. The summed E-state index contributed by atoms with van der Waals surface area (Å²) in [7, 11) is 0. The number of rotatable bonds is 6. The van der Waals surface area contributed by atoms with Crippen molar-refractivity contribution in [3.8, 4) is 11.5 Å². The second-order valence-electron chi connectivity index (χ2n) is 7.72. The van der Waals surface area contributed by atoms with Gasteiger partial charge in [-0.05, 0) is 61.7 Å². The highest BCUT2D eigenvalue weighted by Gasteiger charge is 2.16. The number of hydrogen-bond donors (Lipinski definition) is 2. The summed E-state index contributed by atoms with van der Waals surface area (Å²) in [6.07, 6.45) is 5.19. The Labute approximate surface area is 172 Å². The van der Waals surface area contributed by atoms with E-state index < -0.39 is 0 Å². The molecule has 2 heterocycles. The number of amides is 1. The summed E-state index contributed by atoms with van der Waals surface area (Å²) in [6, 6.07) is 13.8. The fourth-order valence-corrected chi connectivity index (χ4v) is 3.81. The number of nitrogens with one attached hydrogen (secondary N) is 2. The molecule has 2 N–H and O–H groups in total. The number of carbonyl (C=O) groups is 1. The van der Waals surface area contributed by atoms with Gasteiger partial charge in [-0.1, -0.05) is 18.9 Å². The van der Waals surface area contributed by atoms with Gasteiger partial charge in [-0.15, -0.1) is 0 Å². The fourth-order valence-electron chi connectivity index (χ4n) is 3.81. The lowest BCUT2D eigenvalue weighted by atomic mass is 10.2. The van der Waals surface area contributed by atoms with Crippen molar-refractivity contribution in [2.75, 3.05) is 30.1 Å². The number of benzene rings is 2. The van der Waals surface area contributed by atoms with Gasteiger partial charge in [0.2, 0.25) is 12.7 Å². The highest BCUT2D eigenvalue weighted by molar-refractivity contribution is 5.84. The van der Waals surface area contributed by atoms with Crippen LogP contribution in [0.3, 0.4) is 0 Å². The van der Waals surface area contributed by atoms with Crippen LogP contribution in [0.2, 0.25) is 0 Å². The minimum atomic E-state index is -0.326. The minimum absolute atomic E-state index is 0.0424. The lowest BCUT2D eigenvalue weighted by Gasteiger charge is -2.23. The molecule has 2 aliphatic heterocycles. The second kappa shape index (κ2) is 9.07. The Hall–Kier alpha value is -2.89. The first-order valence-corrected chi connectivity index (χ1v) is 10.5. The molecule has 0 unspecified atom stereocenters. The maximum absolute atomic E-state index is 12.5. The van der Waals surface area contributed by atoms with Gasteiger partial charge in [0.1, 0.15) is 6.04 Å². The molecule has 1 amide bonds. The minimum Gasteiger partial charge on any atom is -0.454 e. The van der Waals surface area contributed by atoms with E-state index >= 15 is 0 Å². The highest BCUT2D eigenvalue weighted by atomic mass is 16.7. The number of nitrogens with zero attached hydrogens (tertiary/aromatic N) is 1. The number of fused-ring (bicyclic) bond motifs is 1. The van der Waals surface area contributed by atoms with Gasteiger partial charge in [-0.25, -0.2) is 0 Å². The summed E-state index contributed by atoms with van der Waals surface area (Å²) in [5.41, 5.74) is 3.20. The number of hydrogen-bond acceptors (Lipinski definition) is 5. The monoisotopic (exact) mass is 395 g/mol. The molecule has 0 aliphatic carbocycles. The predicted octanol–water partition coefficient (Wildman–Crippen LogP) is 3.91. The molecule has 4 rings (SSSR count). The zero-order chi connectivity index (χ0) is 20.1. The van der Waals surface area contributed by atoms with Crippen LogP contribution in [0.15, 0.2) is 42.5 Å². The standard InChI is InChI=1S/C23H29N3O3/c1-17(23(27)24-15-18-6-11-21-22(14-18)29-16-28-21)25-19-7-9-20(10-8-19)26-12-4-2-3-5-13-26/h6-11,14,17,25H,2-5,12-13,15-16H2,1H3,(H,24,27)/t17-/m0/s1. The molecule has 1 fully saturated rings. The van der Waals surface area contributed by atoms with Gasteiger partial charge < -0.3 is 25.0 Å². The molecule has 2 aromatic carbocycles. The van der Waals surface area contributed by atoms with E-state index in [1.807, 2.05) is 25.1 Å². The molecule has 1 saturated heterocycles. The molecule has 0 radical (unpaired) electrons. The largest absolute Gasteiger partial charge is 0.454 e. The Bertz CT molecular complexity index is 830. The zero-order valence-corrected chi connectivity index (χ0v) is 16.9. The third-order valence-corrected chi connectivity index (χ3v) is 5.52. The normalized spacial score (nSPS) is 16.8. The van der Waals surface area contributed by atoms with E-state index in [0.29, 0.717) is 6.54 Å². The highest BCUT2D eigenvalue weighted by Crippen LogP contribution is 2.32. The molecule has 2 aliphatic rings. The molecule has 0 bridgehead atoms. The van der Waals surface area contributed by atoms with Gasteiger partial charge in [0.05, 0.1) is 0 Å². The van der Waals surface area contributed by atoms with Gasteiger partial charge in [0.25, 0.3) is 0 Å². The Morgan fingerprint density at radius 1 is 1.00 bits per heavy atom. The summed E-state index contributed by atoms with van der Waals surface area (Å²) in [6.45, 7) is 4.84. The topological polar surface area (TPSA) is 62.8 Å². The number of carbonyl (C=O) groups excluding carboxylic acids is 1. The molecule has 0 aromatic heterocycles. The van der Waals surface area contributed by atoms with Crippen molar-refractivity contribution in [3.63, 3.8) is 0 Å². The van der Waals surface area contributed by atoms with Crippen molar-refractivity contribution in [1.82, 2.24) is 5.32 Å². The Morgan fingerprint density at radius 2 is 1.72 bits per heavy atom. The predicted molar refractivity (Wildman–Crippen MR) is 115 cm³/mol. The van der Waals surface area contributed by atoms with Crippen LogP contribution >= 0.6 is 0 Å². The molecular formula is C23H29N3O3. The van der Waals surface area contributed by atoms with Crippen molar-refractivity contribution in [2.24, 2.45) is 0 Å². The average Bonchev–Trinajstić information content (AvgIpc) is 3.04. The molecule has 6 nitrogen and oxygen atoms in total. The van der Waals surface area contributed by atoms with Crippen LogP contribution in [0.25, 0.3) is 0 Å². The number of ether oxygens (including phenoxy) is 2. The van der Waals surface area contributed by atoms with Crippen LogP contribution < -0.4 is 25.0 Å². The van der Waals surface area contributed by atoms with E-state index in [0.717, 1.165) is 35.8 Å². The van der Waals surface area contributed by atoms with E-state index in [2.05, 4.69) is 39.8 Å². The summed E-state index contributed by atoms with van der Waals surface area (Å²) in [5.74, 6) is 1.44. The van der Waals surface area contributed by atoms with E-state index in [4.69, 9.17) is 9.47 Å². The van der Waals surface area contributed by atoms with Gasteiger partial charge in [0.15, 0.2) is 11.5 Å². The molecule has 0 spiro atoms. The molecule has 0 saturated carbocycles. The van der Waals surface area contributed by atoms with Gasteiger partial charge >= 0.3 is 0 Å². The molecule has 154 valence electrons. The first-order valence-electron chi connectivity index (χ1n) is 10.5. The van der Waals surface area contributed by atoms with Crippen LogP contribution in [-0.4, -0.2) is 31.8 Å². The van der Waals surface area contributed by atoms with Crippen LogP contribution in [0.1, 0.15) is 38.2 Å². The van der Waals surface area contributed by atoms with Crippen molar-refractivity contribution in [1.29, 1.82) is 0 Å². The average molecular weight is 396 g/mol. The third-order valence-electron chi connectivity index (χ3n) is 5.52. The van der Waals surface area contributed by atoms with E-state index in [1.165, 1.54) is 31.4 Å². The second-order valence-corrected chi connectivity index (χ2v) is 7.72. The third kappa shape index (κ3) is 4.94. The molecule has 2 aromatic rings. The van der Waals surface area contributed by atoms with Crippen molar-refractivity contribution < 1.29 is 14.3 Å². The van der Waals surface area contributed by atoms with Gasteiger partial charge in [0, 0.05) is 31.0 Å². The maximum Gasteiger partial charge on any atom is 0.242 e. The van der Waals surface area contributed by atoms with Crippen LogP contribution in [-0.2, 0) is 11.3 Å². The van der Waals surface area contributed by atoms with Crippen LogP contribution in [0.5, 0.6) is 11.5 Å².